The van der Waals surface area contributed by atoms with E-state index in [1.54, 1.807) is 6.07 Å². The van der Waals surface area contributed by atoms with Gasteiger partial charge in [0.2, 0.25) is 5.95 Å². The van der Waals surface area contributed by atoms with Crippen LogP contribution in [-0.4, -0.2) is 9.55 Å². The number of fused-ring (bicyclic) bond motifs is 1. The Labute approximate surface area is 127 Å². The van der Waals surface area contributed by atoms with E-state index in [1.165, 1.54) is 11.6 Å². The molecule has 1 aromatic heterocycles. The van der Waals surface area contributed by atoms with E-state index >= 15 is 0 Å². The number of aryl methyl sites for hydroxylation is 1. The molecule has 0 amide bonds. The Hall–Kier alpha value is -2.07. The molecule has 0 bridgehead atoms. The van der Waals surface area contributed by atoms with E-state index in [-0.39, 0.29) is 5.02 Å². The number of imidazole rings is 1. The Kier molecular flexibility index (Phi) is 3.55. The average molecular weight is 304 g/mol. The van der Waals surface area contributed by atoms with E-state index in [2.05, 4.69) is 18.0 Å². The lowest BCUT2D eigenvalue weighted by Crippen LogP contribution is -2.04. The summed E-state index contributed by atoms with van der Waals surface area (Å²) in [5.74, 6) is -0.161. The summed E-state index contributed by atoms with van der Waals surface area (Å²) in [6.07, 6.45) is 1.96. The smallest absolute Gasteiger partial charge is 0.205 e. The number of anilines is 1. The van der Waals surface area contributed by atoms with Crippen molar-refractivity contribution >= 4 is 28.6 Å². The molecule has 108 valence electrons. The van der Waals surface area contributed by atoms with E-state index in [1.807, 2.05) is 22.8 Å². The number of hydrogen-bond acceptors (Lipinski definition) is 2. The van der Waals surface area contributed by atoms with Gasteiger partial charge >= 0.3 is 0 Å². The minimum Gasteiger partial charge on any atom is -0.369 e. The molecule has 0 unspecified atom stereocenters. The first-order valence-electron chi connectivity index (χ1n) is 6.83. The molecule has 21 heavy (non-hydrogen) atoms. The van der Waals surface area contributed by atoms with Crippen LogP contribution < -0.4 is 5.73 Å². The van der Waals surface area contributed by atoms with Crippen molar-refractivity contribution in [2.75, 3.05) is 5.73 Å². The van der Waals surface area contributed by atoms with Crippen molar-refractivity contribution in [2.45, 2.75) is 19.8 Å². The first-order chi connectivity index (χ1) is 10.1. The Morgan fingerprint density at radius 1 is 1.29 bits per heavy atom. The predicted molar refractivity (Wildman–Crippen MR) is 84.4 cm³/mol. The van der Waals surface area contributed by atoms with Crippen LogP contribution >= 0.6 is 11.6 Å². The zero-order valence-electron chi connectivity index (χ0n) is 11.6. The van der Waals surface area contributed by atoms with Crippen LogP contribution in [0.2, 0.25) is 5.02 Å². The largest absolute Gasteiger partial charge is 0.369 e. The third kappa shape index (κ3) is 2.36. The van der Waals surface area contributed by atoms with Crippen LogP contribution in [0.1, 0.15) is 18.9 Å². The summed E-state index contributed by atoms with van der Waals surface area (Å²) in [6, 6.07) is 10.9. The highest BCUT2D eigenvalue weighted by atomic mass is 35.5. The topological polar surface area (TPSA) is 43.8 Å². The van der Waals surface area contributed by atoms with Crippen molar-refractivity contribution in [2.24, 2.45) is 0 Å². The number of halogens is 2. The number of hydrogen-bond donors (Lipinski definition) is 1. The maximum atomic E-state index is 13.6. The van der Waals surface area contributed by atoms with Crippen molar-refractivity contribution in [3.8, 4) is 5.69 Å². The summed E-state index contributed by atoms with van der Waals surface area (Å²) < 4.78 is 15.4. The minimum atomic E-state index is -0.490. The molecule has 0 saturated heterocycles. The van der Waals surface area contributed by atoms with Crippen molar-refractivity contribution < 1.29 is 4.39 Å². The summed E-state index contributed by atoms with van der Waals surface area (Å²) in [7, 11) is 0. The molecule has 5 heteroatoms. The number of nitrogen functional groups attached to an aromatic ring is 1. The molecular formula is C16H15ClFN3. The van der Waals surface area contributed by atoms with Crippen LogP contribution in [0.5, 0.6) is 0 Å². The molecule has 2 aromatic carbocycles. The molecule has 0 saturated carbocycles. The minimum absolute atomic E-state index is 0.0663. The maximum Gasteiger partial charge on any atom is 0.205 e. The highest BCUT2D eigenvalue weighted by Crippen LogP contribution is 2.29. The van der Waals surface area contributed by atoms with Gasteiger partial charge in [0, 0.05) is 6.07 Å². The second kappa shape index (κ2) is 5.37. The molecule has 0 atom stereocenters. The Morgan fingerprint density at radius 3 is 2.81 bits per heavy atom. The molecule has 2 N–H and O–H groups in total. The van der Waals surface area contributed by atoms with Crippen molar-refractivity contribution in [3.63, 3.8) is 0 Å². The van der Waals surface area contributed by atoms with Gasteiger partial charge in [-0.2, -0.15) is 0 Å². The quantitative estimate of drug-likeness (QED) is 0.781. The number of rotatable bonds is 3. The monoisotopic (exact) mass is 303 g/mol. The molecular weight excluding hydrogens is 289 g/mol. The van der Waals surface area contributed by atoms with Crippen LogP contribution in [0.3, 0.4) is 0 Å². The first kappa shape index (κ1) is 13.9. The fourth-order valence-corrected chi connectivity index (χ4v) is 2.71. The van der Waals surface area contributed by atoms with Crippen LogP contribution in [0, 0.1) is 5.82 Å². The molecule has 0 aliphatic carbocycles. The van der Waals surface area contributed by atoms with Gasteiger partial charge in [-0.05, 0) is 24.1 Å². The Bertz CT molecular complexity index is 811. The first-order valence-corrected chi connectivity index (χ1v) is 7.21. The summed E-state index contributed by atoms with van der Waals surface area (Å²) >= 11 is 5.90. The van der Waals surface area contributed by atoms with E-state index in [4.69, 9.17) is 17.3 Å². The molecule has 0 aliphatic rings. The summed E-state index contributed by atoms with van der Waals surface area (Å²) in [6.45, 7) is 2.12. The molecule has 0 radical (unpaired) electrons. The highest BCUT2D eigenvalue weighted by molar-refractivity contribution is 6.31. The van der Waals surface area contributed by atoms with Gasteiger partial charge in [0.1, 0.15) is 5.82 Å². The SMILES string of the molecule is CCCc1ccccc1-n1c(N)nc2cc(F)c(Cl)cc21. The standard InChI is InChI=1S/C16H15ClFN3/c1-2-5-10-6-3-4-7-14(10)21-15-8-11(17)12(18)9-13(15)20-16(21)19/h3-4,6-9H,2,5H2,1H3,(H2,19,20). The Morgan fingerprint density at radius 2 is 2.05 bits per heavy atom. The summed E-state index contributed by atoms with van der Waals surface area (Å²) in [5.41, 5.74) is 9.38. The van der Waals surface area contributed by atoms with Gasteiger partial charge in [-0.25, -0.2) is 9.37 Å². The van der Waals surface area contributed by atoms with E-state index in [9.17, 15) is 4.39 Å². The lowest BCUT2D eigenvalue weighted by molar-refractivity contribution is 0.630. The molecule has 0 spiro atoms. The third-order valence-electron chi connectivity index (χ3n) is 3.47. The van der Waals surface area contributed by atoms with Crippen LogP contribution in [0.4, 0.5) is 10.3 Å². The van der Waals surface area contributed by atoms with Gasteiger partial charge < -0.3 is 5.73 Å². The van der Waals surface area contributed by atoms with E-state index in [0.29, 0.717) is 17.0 Å². The van der Waals surface area contributed by atoms with Crippen molar-refractivity contribution in [1.29, 1.82) is 0 Å². The number of nitrogens with zero attached hydrogens (tertiary/aromatic N) is 2. The lowest BCUT2D eigenvalue weighted by atomic mass is 10.1. The van der Waals surface area contributed by atoms with Gasteiger partial charge in [-0.3, -0.25) is 4.57 Å². The van der Waals surface area contributed by atoms with Crippen LogP contribution in [-0.2, 0) is 6.42 Å². The van der Waals surface area contributed by atoms with Gasteiger partial charge in [0.25, 0.3) is 0 Å². The normalized spacial score (nSPS) is 11.2. The van der Waals surface area contributed by atoms with Crippen LogP contribution in [0.15, 0.2) is 36.4 Å². The number of nitrogens with two attached hydrogens (primary N) is 1. The second-order valence-corrected chi connectivity index (χ2v) is 5.35. The number of aromatic nitrogens is 2. The van der Waals surface area contributed by atoms with Gasteiger partial charge in [0.15, 0.2) is 0 Å². The molecule has 0 fully saturated rings. The zero-order chi connectivity index (χ0) is 15.0. The highest BCUT2D eigenvalue weighted by Gasteiger charge is 2.15. The van der Waals surface area contributed by atoms with Crippen molar-refractivity contribution in [1.82, 2.24) is 9.55 Å². The van der Waals surface area contributed by atoms with Gasteiger partial charge in [-0.1, -0.05) is 43.1 Å². The predicted octanol–water partition coefficient (Wildman–Crippen LogP) is 4.35. The van der Waals surface area contributed by atoms with Gasteiger partial charge in [0.05, 0.1) is 21.7 Å². The maximum absolute atomic E-state index is 13.6. The fourth-order valence-electron chi connectivity index (χ4n) is 2.55. The molecule has 1 heterocycles. The van der Waals surface area contributed by atoms with Gasteiger partial charge in [-0.15, -0.1) is 0 Å². The van der Waals surface area contributed by atoms with Crippen molar-refractivity contribution in [3.05, 3.63) is 52.8 Å². The van der Waals surface area contributed by atoms with E-state index in [0.717, 1.165) is 18.5 Å². The fraction of sp³-hybridized carbons (Fsp3) is 0.188. The summed E-state index contributed by atoms with van der Waals surface area (Å²) in [5, 5.41) is 0.0663. The molecule has 3 rings (SSSR count). The second-order valence-electron chi connectivity index (χ2n) is 4.94. The third-order valence-corrected chi connectivity index (χ3v) is 3.76. The molecule has 3 aromatic rings. The Balaban J connectivity index is 2.30. The van der Waals surface area contributed by atoms with Crippen LogP contribution in [0.25, 0.3) is 16.7 Å². The molecule has 0 aliphatic heterocycles. The number of benzene rings is 2. The average Bonchev–Trinajstić information content (AvgIpc) is 2.76. The number of para-hydroxylation sites is 1. The van der Waals surface area contributed by atoms with E-state index < -0.39 is 5.82 Å². The zero-order valence-corrected chi connectivity index (χ0v) is 12.4. The lowest BCUT2D eigenvalue weighted by Gasteiger charge is -2.12. The summed E-state index contributed by atoms with van der Waals surface area (Å²) in [4.78, 5) is 4.23. The molecule has 3 nitrogen and oxygen atoms in total.